The molecule has 2 heterocycles. The largest absolute Gasteiger partial charge is 0.497 e. The number of allylic oxidation sites excluding steroid dienone is 2. The first-order valence-electron chi connectivity index (χ1n) is 7.11. The number of hydrogen-bond donors (Lipinski definition) is 2. The van der Waals surface area contributed by atoms with E-state index in [0.717, 1.165) is 5.56 Å². The van der Waals surface area contributed by atoms with Crippen LogP contribution in [0.1, 0.15) is 11.1 Å². The number of methoxy groups -OCH3 is 1. The molecule has 0 amide bonds. The van der Waals surface area contributed by atoms with Gasteiger partial charge in [0.05, 0.1) is 12.7 Å². The zero-order valence-electron chi connectivity index (χ0n) is 12.9. The van der Waals surface area contributed by atoms with Crippen LogP contribution in [0.25, 0.3) is 11.1 Å². The minimum absolute atomic E-state index is 0.147. The maximum atomic E-state index is 9.73. The summed E-state index contributed by atoms with van der Waals surface area (Å²) in [5.74, 6) is 0.845. The van der Waals surface area contributed by atoms with E-state index in [1.807, 2.05) is 35.1 Å². The lowest BCUT2D eigenvalue weighted by Crippen LogP contribution is -2.04. The first-order valence-corrected chi connectivity index (χ1v) is 8.59. The van der Waals surface area contributed by atoms with Gasteiger partial charge in [0.15, 0.2) is 0 Å². The predicted octanol–water partition coefficient (Wildman–Crippen LogP) is 3.48. The molecule has 0 spiro atoms. The van der Waals surface area contributed by atoms with Gasteiger partial charge in [-0.15, -0.1) is 0 Å². The average Bonchev–Trinajstić information content (AvgIpc) is 3.15. The number of pyridine rings is 1. The molecule has 118 valence electrons. The number of benzene rings is 1. The van der Waals surface area contributed by atoms with Crippen molar-refractivity contribution in [2.45, 2.75) is 5.03 Å². The Morgan fingerprint density at radius 3 is 2.21 bits per heavy atom. The molecule has 24 heavy (non-hydrogen) atoms. The first kappa shape index (κ1) is 15.7. The van der Waals surface area contributed by atoms with Gasteiger partial charge in [-0.05, 0) is 28.5 Å². The van der Waals surface area contributed by atoms with E-state index in [4.69, 9.17) is 10.5 Å². The van der Waals surface area contributed by atoms with Crippen molar-refractivity contribution in [1.29, 1.82) is 10.5 Å². The minimum atomic E-state index is -0.825. The van der Waals surface area contributed by atoms with Crippen molar-refractivity contribution < 1.29 is 4.74 Å². The molecule has 1 aromatic heterocycles. The lowest BCUT2D eigenvalue weighted by molar-refractivity contribution is 0.415. The molecule has 0 bridgehead atoms. The number of anilines is 1. The summed E-state index contributed by atoms with van der Waals surface area (Å²) in [6.07, 6.45) is 3.85. The average molecular weight is 334 g/mol. The quantitative estimate of drug-likeness (QED) is 0.838. The molecule has 2 N–H and O–H groups in total. The van der Waals surface area contributed by atoms with E-state index in [-0.39, 0.29) is 11.4 Å². The number of rotatable bonds is 3. The van der Waals surface area contributed by atoms with Gasteiger partial charge in [0, 0.05) is 5.56 Å². The van der Waals surface area contributed by atoms with Crippen LogP contribution >= 0.6 is 10.9 Å². The molecule has 0 atom stereocenters. The van der Waals surface area contributed by atoms with E-state index >= 15 is 0 Å². The van der Waals surface area contributed by atoms with Gasteiger partial charge < -0.3 is 10.5 Å². The monoisotopic (exact) mass is 334 g/mol. The third kappa shape index (κ3) is 2.60. The van der Waals surface area contributed by atoms with Crippen LogP contribution in [0.3, 0.4) is 0 Å². The van der Waals surface area contributed by atoms with E-state index in [1.54, 1.807) is 19.2 Å². The number of nitrogens with zero attached hydrogens (tertiary/aromatic N) is 3. The molecule has 0 saturated carbocycles. The Hall–Kier alpha value is -3.22. The van der Waals surface area contributed by atoms with Crippen LogP contribution in [-0.2, 0) is 0 Å². The summed E-state index contributed by atoms with van der Waals surface area (Å²) in [5.41, 5.74) is 7.90. The topological polar surface area (TPSA) is 95.7 Å². The van der Waals surface area contributed by atoms with Gasteiger partial charge in [-0.25, -0.2) is 4.98 Å². The second-order valence-corrected chi connectivity index (χ2v) is 6.82. The van der Waals surface area contributed by atoms with Crippen LogP contribution in [0.5, 0.6) is 5.75 Å². The Balaban J connectivity index is 2.29. The van der Waals surface area contributed by atoms with E-state index in [9.17, 15) is 10.5 Å². The van der Waals surface area contributed by atoms with Gasteiger partial charge in [0.1, 0.15) is 34.3 Å². The molecule has 1 aromatic carbocycles. The van der Waals surface area contributed by atoms with Crippen molar-refractivity contribution in [3.05, 3.63) is 58.4 Å². The Bertz CT molecular complexity index is 921. The smallest absolute Gasteiger partial charge is 0.143 e. The molecule has 0 fully saturated rings. The molecule has 0 radical (unpaired) electrons. The zero-order chi connectivity index (χ0) is 17.1. The van der Waals surface area contributed by atoms with Gasteiger partial charge >= 0.3 is 0 Å². The van der Waals surface area contributed by atoms with Crippen molar-refractivity contribution in [2.24, 2.45) is 0 Å². The summed E-state index contributed by atoms with van der Waals surface area (Å²) in [6.45, 7) is 0. The Morgan fingerprint density at radius 1 is 1.04 bits per heavy atom. The maximum Gasteiger partial charge on any atom is 0.143 e. The molecule has 3 rings (SSSR count). The number of hydrogen-bond acceptors (Lipinski definition) is 5. The van der Waals surface area contributed by atoms with Gasteiger partial charge in [-0.1, -0.05) is 24.3 Å². The van der Waals surface area contributed by atoms with Crippen molar-refractivity contribution >= 4 is 16.7 Å². The van der Waals surface area contributed by atoms with E-state index in [2.05, 4.69) is 17.1 Å². The highest BCUT2D eigenvalue weighted by Gasteiger charge is 2.22. The first-order chi connectivity index (χ1) is 11.7. The second-order valence-electron chi connectivity index (χ2n) is 4.99. The summed E-state index contributed by atoms with van der Waals surface area (Å²) < 4.78 is 5.16. The van der Waals surface area contributed by atoms with E-state index in [0.29, 0.717) is 21.9 Å². The van der Waals surface area contributed by atoms with Gasteiger partial charge in [-0.2, -0.15) is 21.4 Å². The summed E-state index contributed by atoms with van der Waals surface area (Å²) in [4.78, 5) is 4.35. The normalized spacial score (nSPS) is 13.5. The lowest BCUT2D eigenvalue weighted by atomic mass is 9.97. The lowest BCUT2D eigenvalue weighted by Gasteiger charge is -2.17. The summed E-state index contributed by atoms with van der Waals surface area (Å²) in [5, 5.41) is 23.9. The molecular formula is C18H14N4OS. The highest BCUT2D eigenvalue weighted by atomic mass is 32.2. The van der Waals surface area contributed by atoms with Gasteiger partial charge in [0.25, 0.3) is 0 Å². The summed E-state index contributed by atoms with van der Waals surface area (Å²) in [7, 11) is 0.759. The molecule has 2 aromatic rings. The van der Waals surface area contributed by atoms with E-state index < -0.39 is 10.9 Å². The van der Waals surface area contributed by atoms with Crippen LogP contribution in [0.15, 0.2) is 52.3 Å². The summed E-state index contributed by atoms with van der Waals surface area (Å²) >= 11 is 0. The number of nitrogen functional groups attached to an aromatic ring is 1. The van der Waals surface area contributed by atoms with Crippen molar-refractivity contribution in [3.8, 4) is 29.0 Å². The third-order valence-electron chi connectivity index (χ3n) is 3.66. The minimum Gasteiger partial charge on any atom is -0.497 e. The fourth-order valence-corrected chi connectivity index (χ4v) is 4.11. The molecule has 1 aliphatic heterocycles. The van der Waals surface area contributed by atoms with Crippen molar-refractivity contribution in [1.82, 2.24) is 4.98 Å². The predicted molar refractivity (Wildman–Crippen MR) is 95.6 cm³/mol. The summed E-state index contributed by atoms with van der Waals surface area (Å²) in [6, 6.07) is 11.5. The Kier molecular flexibility index (Phi) is 4.24. The number of ether oxygens (including phenoxy) is 1. The van der Waals surface area contributed by atoms with Crippen molar-refractivity contribution in [3.63, 3.8) is 0 Å². The fourth-order valence-electron chi connectivity index (χ4n) is 2.52. The number of aromatic nitrogens is 1. The van der Waals surface area contributed by atoms with Crippen LogP contribution in [-0.4, -0.2) is 12.1 Å². The van der Waals surface area contributed by atoms with Gasteiger partial charge in [0.2, 0.25) is 0 Å². The zero-order valence-corrected chi connectivity index (χ0v) is 13.8. The standard InChI is InChI=1S/C18H14N4OS/c1-23-13-6-4-12(5-7-13)16-14(10-19)17(21)22-18(15(16)11-20)24-8-2-3-9-24/h2-9,24H,1H3,(H2,21,22). The van der Waals surface area contributed by atoms with Gasteiger partial charge in [-0.3, -0.25) is 0 Å². The maximum absolute atomic E-state index is 9.73. The highest BCUT2D eigenvalue weighted by molar-refractivity contribution is 8.22. The third-order valence-corrected chi connectivity index (χ3v) is 5.46. The molecule has 0 unspecified atom stereocenters. The molecule has 0 saturated heterocycles. The van der Waals surface area contributed by atoms with Crippen LogP contribution in [0.2, 0.25) is 0 Å². The highest BCUT2D eigenvalue weighted by Crippen LogP contribution is 2.46. The van der Waals surface area contributed by atoms with Crippen molar-refractivity contribution in [2.75, 3.05) is 12.8 Å². The number of thiol groups is 1. The molecule has 5 nitrogen and oxygen atoms in total. The number of nitriles is 2. The molecule has 0 aliphatic carbocycles. The number of nitrogens with two attached hydrogens (primary N) is 1. The fraction of sp³-hybridized carbons (Fsp3) is 0.0556. The van der Waals surface area contributed by atoms with Crippen LogP contribution < -0.4 is 10.5 Å². The van der Waals surface area contributed by atoms with Crippen LogP contribution in [0.4, 0.5) is 5.82 Å². The Labute approximate surface area is 142 Å². The molecule has 6 heteroatoms. The van der Waals surface area contributed by atoms with E-state index in [1.165, 1.54) is 0 Å². The SMILES string of the molecule is COc1ccc(-c2c(C#N)c(N)nc([SH]3C=CC=C3)c2C#N)cc1. The van der Waals surface area contributed by atoms with Crippen LogP contribution in [0, 0.1) is 22.7 Å². The Morgan fingerprint density at radius 2 is 1.67 bits per heavy atom. The molecular weight excluding hydrogens is 320 g/mol. The molecule has 1 aliphatic rings. The second kappa shape index (κ2) is 6.49.